The summed E-state index contributed by atoms with van der Waals surface area (Å²) in [4.78, 5) is 35.5. The van der Waals surface area contributed by atoms with Crippen molar-refractivity contribution < 1.29 is 22.8 Å². The molecule has 148 valence electrons. The Hall–Kier alpha value is -3.17. The van der Waals surface area contributed by atoms with Gasteiger partial charge in [-0.3, -0.25) is 14.4 Å². The van der Waals surface area contributed by atoms with Crippen molar-refractivity contribution in [3.8, 4) is 0 Å². The normalized spacial score (nSPS) is 13.9. The molecule has 0 aliphatic heterocycles. The predicted molar refractivity (Wildman–Crippen MR) is 94.8 cm³/mol. The fourth-order valence-corrected chi connectivity index (χ4v) is 2.67. The second-order valence-electron chi connectivity index (χ2n) is 6.53. The van der Waals surface area contributed by atoms with Gasteiger partial charge in [-0.25, -0.2) is 4.68 Å². The maximum Gasteiger partial charge on any atom is 0.421 e. The van der Waals surface area contributed by atoms with Crippen LogP contribution in [0.15, 0.2) is 35.1 Å². The fraction of sp³-hybridized carbons (Fsp3) is 0.333. The third kappa shape index (κ3) is 4.76. The van der Waals surface area contributed by atoms with E-state index in [-0.39, 0.29) is 17.5 Å². The predicted octanol–water partition coefficient (Wildman–Crippen LogP) is 2.74. The number of amides is 2. The van der Waals surface area contributed by atoms with Gasteiger partial charge < -0.3 is 10.6 Å². The van der Waals surface area contributed by atoms with Crippen LogP contribution in [0.3, 0.4) is 0 Å². The molecule has 28 heavy (non-hydrogen) atoms. The smallest absolute Gasteiger partial charge is 0.326 e. The Bertz CT molecular complexity index is 981. The van der Waals surface area contributed by atoms with Gasteiger partial charge in [-0.15, -0.1) is 0 Å². The van der Waals surface area contributed by atoms with Crippen LogP contribution in [-0.4, -0.2) is 21.6 Å². The molecule has 1 heterocycles. The lowest BCUT2D eigenvalue weighted by molar-refractivity contribution is -0.139. The zero-order valence-electron chi connectivity index (χ0n) is 14.8. The van der Waals surface area contributed by atoms with Crippen LogP contribution in [0.2, 0.25) is 0 Å². The van der Waals surface area contributed by atoms with E-state index in [1.807, 2.05) is 0 Å². The maximum absolute atomic E-state index is 13.1. The van der Waals surface area contributed by atoms with Crippen molar-refractivity contribution in [1.82, 2.24) is 9.78 Å². The van der Waals surface area contributed by atoms with Crippen LogP contribution < -0.4 is 16.2 Å². The number of aromatic nitrogens is 2. The molecule has 7 nitrogen and oxygen atoms in total. The third-order valence-electron chi connectivity index (χ3n) is 4.05. The highest BCUT2D eigenvalue weighted by Gasteiger charge is 2.37. The average Bonchev–Trinajstić information content (AvgIpc) is 3.40. The monoisotopic (exact) mass is 394 g/mol. The standard InChI is InChI=1S/C18H17F3N4O3/c1-10(26)22-12-3-2-4-13(7-12)23-16(27)9-25-17(28)14(18(19,20)21)8-15(24-25)11-5-6-11/h2-4,7-8,11H,5-6,9H2,1H3,(H,22,26)(H,23,27). The highest BCUT2D eigenvalue weighted by atomic mass is 19.4. The Kier molecular flexibility index (Phi) is 5.21. The number of hydrogen-bond donors (Lipinski definition) is 2. The van der Waals surface area contributed by atoms with E-state index in [9.17, 15) is 27.6 Å². The summed E-state index contributed by atoms with van der Waals surface area (Å²) in [5.41, 5.74) is -1.77. The molecule has 1 fully saturated rings. The van der Waals surface area contributed by atoms with Gasteiger partial charge in [0.15, 0.2) is 0 Å². The van der Waals surface area contributed by atoms with E-state index >= 15 is 0 Å². The summed E-state index contributed by atoms with van der Waals surface area (Å²) in [5, 5.41) is 8.96. The summed E-state index contributed by atoms with van der Waals surface area (Å²) in [5.74, 6) is -1.13. The van der Waals surface area contributed by atoms with Gasteiger partial charge in [0.1, 0.15) is 12.1 Å². The molecular formula is C18H17F3N4O3. The van der Waals surface area contributed by atoms with E-state index in [2.05, 4.69) is 15.7 Å². The van der Waals surface area contributed by atoms with Gasteiger partial charge >= 0.3 is 6.18 Å². The molecule has 2 N–H and O–H groups in total. The average molecular weight is 394 g/mol. The summed E-state index contributed by atoms with van der Waals surface area (Å²) in [6, 6.07) is 6.99. The topological polar surface area (TPSA) is 93.1 Å². The largest absolute Gasteiger partial charge is 0.421 e. The van der Waals surface area contributed by atoms with Crippen LogP contribution in [-0.2, 0) is 22.3 Å². The maximum atomic E-state index is 13.1. The number of hydrogen-bond acceptors (Lipinski definition) is 4. The number of carbonyl (C=O) groups is 2. The molecule has 0 saturated heterocycles. The Balaban J connectivity index is 1.81. The van der Waals surface area contributed by atoms with E-state index in [0.29, 0.717) is 28.9 Å². The minimum Gasteiger partial charge on any atom is -0.326 e. The molecule has 2 amide bonds. The van der Waals surface area contributed by atoms with Crippen LogP contribution in [0.5, 0.6) is 0 Å². The highest BCUT2D eigenvalue weighted by molar-refractivity contribution is 5.93. The summed E-state index contributed by atoms with van der Waals surface area (Å²) in [7, 11) is 0. The van der Waals surface area contributed by atoms with Crippen molar-refractivity contribution >= 4 is 23.2 Å². The molecule has 1 aliphatic carbocycles. The molecule has 0 atom stereocenters. The van der Waals surface area contributed by atoms with Crippen LogP contribution in [0.1, 0.15) is 36.9 Å². The summed E-state index contributed by atoms with van der Waals surface area (Å²) in [6.45, 7) is 0.668. The zero-order valence-corrected chi connectivity index (χ0v) is 14.8. The molecule has 1 aromatic carbocycles. The first-order valence-electron chi connectivity index (χ1n) is 8.50. The Morgan fingerprint density at radius 1 is 1.18 bits per heavy atom. The van der Waals surface area contributed by atoms with Gasteiger partial charge in [0.25, 0.3) is 5.56 Å². The molecule has 0 spiro atoms. The van der Waals surface area contributed by atoms with Crippen molar-refractivity contribution in [3.05, 3.63) is 51.9 Å². The van der Waals surface area contributed by atoms with Crippen LogP contribution in [0.25, 0.3) is 0 Å². The second kappa shape index (κ2) is 7.45. The SMILES string of the molecule is CC(=O)Nc1cccc(NC(=O)Cn2nc(C3CC3)cc(C(F)(F)F)c2=O)c1. The third-order valence-corrected chi connectivity index (χ3v) is 4.05. The lowest BCUT2D eigenvalue weighted by Crippen LogP contribution is -2.35. The minimum absolute atomic E-state index is 0.120. The molecule has 2 aromatic rings. The molecule has 0 radical (unpaired) electrons. The minimum atomic E-state index is -4.82. The lowest BCUT2D eigenvalue weighted by atomic mass is 10.2. The summed E-state index contributed by atoms with van der Waals surface area (Å²) >= 11 is 0. The van der Waals surface area contributed by atoms with E-state index in [1.165, 1.54) is 13.0 Å². The van der Waals surface area contributed by atoms with E-state index < -0.39 is 29.8 Å². The van der Waals surface area contributed by atoms with E-state index in [0.717, 1.165) is 6.07 Å². The van der Waals surface area contributed by atoms with Crippen molar-refractivity contribution in [3.63, 3.8) is 0 Å². The Morgan fingerprint density at radius 2 is 1.82 bits per heavy atom. The first kappa shape index (κ1) is 19.6. The number of nitrogens with zero attached hydrogens (tertiary/aromatic N) is 2. The number of alkyl halides is 3. The van der Waals surface area contributed by atoms with Gasteiger partial charge in [0, 0.05) is 24.2 Å². The number of nitrogens with one attached hydrogen (secondary N) is 2. The first-order valence-corrected chi connectivity index (χ1v) is 8.50. The van der Waals surface area contributed by atoms with E-state index in [1.54, 1.807) is 18.2 Å². The van der Waals surface area contributed by atoms with Gasteiger partial charge in [0.2, 0.25) is 11.8 Å². The van der Waals surface area contributed by atoms with Crippen molar-refractivity contribution in [2.45, 2.75) is 38.4 Å². The molecule has 0 unspecified atom stereocenters. The zero-order chi connectivity index (χ0) is 20.5. The Labute approximate surface area is 157 Å². The van der Waals surface area contributed by atoms with Crippen LogP contribution in [0, 0.1) is 0 Å². The number of anilines is 2. The number of halogens is 3. The molecule has 10 heteroatoms. The summed E-state index contributed by atoms with van der Waals surface area (Å²) in [6.07, 6.45) is -3.43. The van der Waals surface area contributed by atoms with Crippen LogP contribution in [0.4, 0.5) is 24.5 Å². The molecule has 1 aromatic heterocycles. The second-order valence-corrected chi connectivity index (χ2v) is 6.53. The van der Waals surface area contributed by atoms with Crippen molar-refractivity contribution in [2.75, 3.05) is 10.6 Å². The molecule has 3 rings (SSSR count). The van der Waals surface area contributed by atoms with Crippen LogP contribution >= 0.6 is 0 Å². The van der Waals surface area contributed by atoms with Gasteiger partial charge in [-0.05, 0) is 37.1 Å². The first-order chi connectivity index (χ1) is 13.1. The van der Waals surface area contributed by atoms with Gasteiger partial charge in [0.05, 0.1) is 5.69 Å². The van der Waals surface area contributed by atoms with Crippen molar-refractivity contribution in [1.29, 1.82) is 0 Å². The summed E-state index contributed by atoms with van der Waals surface area (Å²) < 4.78 is 40.0. The molecular weight excluding hydrogens is 377 g/mol. The molecule has 0 bridgehead atoms. The lowest BCUT2D eigenvalue weighted by Gasteiger charge is -2.13. The molecule has 1 saturated carbocycles. The highest BCUT2D eigenvalue weighted by Crippen LogP contribution is 2.40. The van der Waals surface area contributed by atoms with Crippen molar-refractivity contribution in [2.24, 2.45) is 0 Å². The Morgan fingerprint density at radius 3 is 2.39 bits per heavy atom. The fourth-order valence-electron chi connectivity index (χ4n) is 2.67. The number of carbonyl (C=O) groups excluding carboxylic acids is 2. The number of benzene rings is 1. The van der Waals surface area contributed by atoms with E-state index in [4.69, 9.17) is 0 Å². The quantitative estimate of drug-likeness (QED) is 0.816. The van der Waals surface area contributed by atoms with Gasteiger partial charge in [-0.1, -0.05) is 6.07 Å². The molecule has 1 aliphatic rings. The van der Waals surface area contributed by atoms with Gasteiger partial charge in [-0.2, -0.15) is 18.3 Å². The number of rotatable bonds is 5.